The molecule has 1 atom stereocenters. The van der Waals surface area contributed by atoms with Crippen LogP contribution in [-0.2, 0) is 4.79 Å². The standard InChI is InChI=1S/C20H26N6O/c27-19(18(25-11-1-2-12-25)16-5-3-8-21-15-16)24-17-6-13-26(14-7-17)20-22-9-4-10-23-20/h3-5,8-10,15,17-18H,1-2,6-7,11-14H2,(H,24,27). The number of hydrogen-bond donors (Lipinski definition) is 1. The molecule has 0 spiro atoms. The van der Waals surface area contributed by atoms with Crippen LogP contribution in [0.1, 0.15) is 37.3 Å². The van der Waals surface area contributed by atoms with Gasteiger partial charge in [-0.05, 0) is 56.5 Å². The topological polar surface area (TPSA) is 74.2 Å². The van der Waals surface area contributed by atoms with Gasteiger partial charge in [0, 0.05) is 43.9 Å². The molecule has 2 saturated heterocycles. The largest absolute Gasteiger partial charge is 0.352 e. The molecule has 0 bridgehead atoms. The number of carbonyl (C=O) groups excluding carboxylic acids is 1. The Labute approximate surface area is 159 Å². The molecular weight excluding hydrogens is 340 g/mol. The summed E-state index contributed by atoms with van der Waals surface area (Å²) < 4.78 is 0. The lowest BCUT2D eigenvalue weighted by Crippen LogP contribution is -2.48. The molecule has 1 N–H and O–H groups in total. The number of hydrogen-bond acceptors (Lipinski definition) is 6. The van der Waals surface area contributed by atoms with E-state index in [0.29, 0.717) is 0 Å². The number of pyridine rings is 1. The van der Waals surface area contributed by atoms with Gasteiger partial charge < -0.3 is 10.2 Å². The Morgan fingerprint density at radius 3 is 2.44 bits per heavy atom. The Hall–Kier alpha value is -2.54. The fourth-order valence-corrected chi connectivity index (χ4v) is 4.02. The summed E-state index contributed by atoms with van der Waals surface area (Å²) in [5.74, 6) is 0.867. The van der Waals surface area contributed by atoms with Crippen molar-refractivity contribution in [3.05, 3.63) is 48.5 Å². The van der Waals surface area contributed by atoms with Crippen molar-refractivity contribution in [2.75, 3.05) is 31.1 Å². The molecule has 2 fully saturated rings. The first-order chi connectivity index (χ1) is 13.3. The lowest BCUT2D eigenvalue weighted by Gasteiger charge is -2.34. The van der Waals surface area contributed by atoms with Gasteiger partial charge in [-0.15, -0.1) is 0 Å². The first-order valence-corrected chi connectivity index (χ1v) is 9.77. The molecular formula is C20H26N6O. The van der Waals surface area contributed by atoms with E-state index in [-0.39, 0.29) is 18.0 Å². The van der Waals surface area contributed by atoms with Crippen molar-refractivity contribution in [1.29, 1.82) is 0 Å². The number of aromatic nitrogens is 3. The highest BCUT2D eigenvalue weighted by atomic mass is 16.2. The van der Waals surface area contributed by atoms with Gasteiger partial charge in [-0.25, -0.2) is 9.97 Å². The lowest BCUT2D eigenvalue weighted by atomic mass is 10.0. The quantitative estimate of drug-likeness (QED) is 0.870. The molecule has 4 rings (SSSR count). The molecule has 7 heteroatoms. The molecule has 1 amide bonds. The van der Waals surface area contributed by atoms with E-state index in [2.05, 4.69) is 30.1 Å². The Kier molecular flexibility index (Phi) is 5.58. The molecule has 4 heterocycles. The molecule has 1 unspecified atom stereocenters. The Balaban J connectivity index is 1.38. The highest BCUT2D eigenvalue weighted by molar-refractivity contribution is 5.83. The smallest absolute Gasteiger partial charge is 0.242 e. The summed E-state index contributed by atoms with van der Waals surface area (Å²) in [4.78, 5) is 30.5. The van der Waals surface area contributed by atoms with Crippen molar-refractivity contribution >= 4 is 11.9 Å². The number of nitrogens with one attached hydrogen (secondary N) is 1. The fraction of sp³-hybridized carbons (Fsp3) is 0.500. The summed E-state index contributed by atoms with van der Waals surface area (Å²) in [5, 5.41) is 3.29. The predicted molar refractivity (Wildman–Crippen MR) is 103 cm³/mol. The predicted octanol–water partition coefficient (Wildman–Crippen LogP) is 1.79. The Morgan fingerprint density at radius 2 is 1.78 bits per heavy atom. The van der Waals surface area contributed by atoms with Crippen LogP contribution >= 0.6 is 0 Å². The average molecular weight is 366 g/mol. The summed E-state index contributed by atoms with van der Waals surface area (Å²) in [7, 11) is 0. The molecule has 2 aromatic heterocycles. The van der Waals surface area contributed by atoms with E-state index >= 15 is 0 Å². The number of anilines is 1. The first kappa shape index (κ1) is 17.9. The van der Waals surface area contributed by atoms with Crippen LogP contribution in [0.4, 0.5) is 5.95 Å². The van der Waals surface area contributed by atoms with Gasteiger partial charge in [0.1, 0.15) is 6.04 Å². The normalized spacial score (nSPS) is 19.8. The first-order valence-electron chi connectivity index (χ1n) is 9.77. The monoisotopic (exact) mass is 366 g/mol. The van der Waals surface area contributed by atoms with Crippen LogP contribution in [0.3, 0.4) is 0 Å². The van der Waals surface area contributed by atoms with Gasteiger partial charge in [-0.3, -0.25) is 14.7 Å². The van der Waals surface area contributed by atoms with Gasteiger partial charge in [-0.2, -0.15) is 0 Å². The number of amides is 1. The number of nitrogens with zero attached hydrogens (tertiary/aromatic N) is 5. The second-order valence-corrected chi connectivity index (χ2v) is 7.25. The third kappa shape index (κ3) is 4.24. The molecule has 2 aliphatic rings. The third-order valence-electron chi connectivity index (χ3n) is 5.43. The number of likely N-dealkylation sites (tertiary alicyclic amines) is 1. The van der Waals surface area contributed by atoms with E-state index in [0.717, 1.165) is 63.4 Å². The van der Waals surface area contributed by atoms with E-state index in [4.69, 9.17) is 0 Å². The second-order valence-electron chi connectivity index (χ2n) is 7.25. The van der Waals surface area contributed by atoms with Crippen LogP contribution in [-0.4, -0.2) is 58.0 Å². The molecule has 0 aromatic carbocycles. The molecule has 2 aliphatic heterocycles. The van der Waals surface area contributed by atoms with Gasteiger partial charge in [0.2, 0.25) is 11.9 Å². The van der Waals surface area contributed by atoms with Crippen LogP contribution in [0.25, 0.3) is 0 Å². The Morgan fingerprint density at radius 1 is 1.04 bits per heavy atom. The lowest BCUT2D eigenvalue weighted by molar-refractivity contribution is -0.127. The summed E-state index contributed by atoms with van der Waals surface area (Å²) in [6.07, 6.45) is 11.2. The van der Waals surface area contributed by atoms with Gasteiger partial charge >= 0.3 is 0 Å². The van der Waals surface area contributed by atoms with Crippen LogP contribution in [0.5, 0.6) is 0 Å². The summed E-state index contributed by atoms with van der Waals surface area (Å²) >= 11 is 0. The zero-order valence-electron chi connectivity index (χ0n) is 15.5. The van der Waals surface area contributed by atoms with Gasteiger partial charge in [0.15, 0.2) is 0 Å². The molecule has 142 valence electrons. The number of rotatable bonds is 5. The molecule has 0 saturated carbocycles. The van der Waals surface area contributed by atoms with Crippen molar-refractivity contribution in [3.63, 3.8) is 0 Å². The van der Waals surface area contributed by atoms with Crippen molar-refractivity contribution in [3.8, 4) is 0 Å². The second kappa shape index (κ2) is 8.43. The molecule has 7 nitrogen and oxygen atoms in total. The van der Waals surface area contributed by atoms with Crippen LogP contribution in [0.15, 0.2) is 43.0 Å². The van der Waals surface area contributed by atoms with Crippen LogP contribution in [0.2, 0.25) is 0 Å². The zero-order valence-corrected chi connectivity index (χ0v) is 15.5. The van der Waals surface area contributed by atoms with Crippen LogP contribution in [0, 0.1) is 0 Å². The van der Waals surface area contributed by atoms with E-state index in [9.17, 15) is 4.79 Å². The minimum Gasteiger partial charge on any atom is -0.352 e. The number of carbonyl (C=O) groups is 1. The molecule has 0 aliphatic carbocycles. The maximum atomic E-state index is 13.1. The highest BCUT2D eigenvalue weighted by Gasteiger charge is 2.32. The minimum atomic E-state index is -0.239. The number of piperidine rings is 1. The van der Waals surface area contributed by atoms with Crippen molar-refractivity contribution in [2.24, 2.45) is 0 Å². The van der Waals surface area contributed by atoms with E-state index < -0.39 is 0 Å². The maximum absolute atomic E-state index is 13.1. The third-order valence-corrected chi connectivity index (χ3v) is 5.43. The van der Waals surface area contributed by atoms with Crippen molar-refractivity contribution in [1.82, 2.24) is 25.2 Å². The summed E-state index contributed by atoms with van der Waals surface area (Å²) in [6.45, 7) is 3.65. The molecule has 0 radical (unpaired) electrons. The highest BCUT2D eigenvalue weighted by Crippen LogP contribution is 2.25. The average Bonchev–Trinajstić information content (AvgIpc) is 3.24. The van der Waals surface area contributed by atoms with Crippen molar-refractivity contribution in [2.45, 2.75) is 37.8 Å². The zero-order chi connectivity index (χ0) is 18.5. The van der Waals surface area contributed by atoms with Gasteiger partial charge in [-0.1, -0.05) is 6.07 Å². The van der Waals surface area contributed by atoms with Crippen LogP contribution < -0.4 is 10.2 Å². The van der Waals surface area contributed by atoms with E-state index in [1.165, 1.54) is 0 Å². The summed E-state index contributed by atoms with van der Waals surface area (Å²) in [5.41, 5.74) is 0.979. The van der Waals surface area contributed by atoms with Gasteiger partial charge in [0.05, 0.1) is 0 Å². The fourth-order valence-electron chi connectivity index (χ4n) is 4.02. The van der Waals surface area contributed by atoms with E-state index in [1.807, 2.05) is 24.4 Å². The van der Waals surface area contributed by atoms with E-state index in [1.54, 1.807) is 18.6 Å². The molecule has 27 heavy (non-hydrogen) atoms. The Bertz CT molecular complexity index is 727. The summed E-state index contributed by atoms with van der Waals surface area (Å²) in [6, 6.07) is 5.69. The maximum Gasteiger partial charge on any atom is 0.242 e. The van der Waals surface area contributed by atoms with Crippen molar-refractivity contribution < 1.29 is 4.79 Å². The van der Waals surface area contributed by atoms with Gasteiger partial charge in [0.25, 0.3) is 0 Å². The minimum absolute atomic E-state index is 0.0966. The SMILES string of the molecule is O=C(NC1CCN(c2ncccn2)CC1)C(c1cccnc1)N1CCCC1. The molecule has 2 aromatic rings.